The van der Waals surface area contributed by atoms with E-state index in [1.54, 1.807) is 6.20 Å². The number of nitrogens with zero attached hydrogens (tertiary/aromatic N) is 1. The van der Waals surface area contributed by atoms with Crippen molar-refractivity contribution in [2.45, 2.75) is 57.7 Å². The maximum Gasteiger partial charge on any atom is 0.408 e. The van der Waals surface area contributed by atoms with Gasteiger partial charge < -0.3 is 19.9 Å². The van der Waals surface area contributed by atoms with E-state index in [9.17, 15) is 9.59 Å². The van der Waals surface area contributed by atoms with E-state index < -0.39 is 17.2 Å². The summed E-state index contributed by atoms with van der Waals surface area (Å²) < 4.78 is 5.49. The number of hydrogen-bond acceptors (Lipinski definition) is 5. The van der Waals surface area contributed by atoms with Crippen LogP contribution in [0.15, 0.2) is 42.3 Å². The molecule has 0 radical (unpaired) electrons. The highest BCUT2D eigenvalue weighted by molar-refractivity contribution is 7.78. The van der Waals surface area contributed by atoms with Crippen molar-refractivity contribution in [3.63, 3.8) is 0 Å². The Kier molecular flexibility index (Phi) is 5.37. The molecular formula is C23H26N4O3S. The molecule has 2 aliphatic rings. The van der Waals surface area contributed by atoms with Gasteiger partial charge >= 0.3 is 6.09 Å². The highest BCUT2D eigenvalue weighted by atomic mass is 32.1. The molecule has 1 aliphatic heterocycles. The Morgan fingerprint density at radius 2 is 2.10 bits per heavy atom. The fourth-order valence-electron chi connectivity index (χ4n) is 4.04. The van der Waals surface area contributed by atoms with Crippen molar-refractivity contribution in [1.29, 1.82) is 0 Å². The summed E-state index contributed by atoms with van der Waals surface area (Å²) in [5.41, 5.74) is 2.36. The van der Waals surface area contributed by atoms with E-state index in [4.69, 9.17) is 17.0 Å². The average molecular weight is 439 g/mol. The number of alkyl carbamates (subject to hydrolysis) is 1. The second kappa shape index (κ2) is 7.87. The number of aromatic amines is 1. The van der Waals surface area contributed by atoms with Crippen LogP contribution in [-0.4, -0.2) is 27.6 Å². The van der Waals surface area contributed by atoms with Crippen molar-refractivity contribution in [2.24, 2.45) is 0 Å². The van der Waals surface area contributed by atoms with E-state index in [-0.39, 0.29) is 5.91 Å². The quantitative estimate of drug-likeness (QED) is 0.626. The molecule has 1 aromatic heterocycles. The van der Waals surface area contributed by atoms with Gasteiger partial charge in [-0.05, 0) is 74.5 Å². The Hall–Kier alpha value is -3.09. The van der Waals surface area contributed by atoms with Crippen molar-refractivity contribution in [2.75, 3.05) is 4.90 Å². The van der Waals surface area contributed by atoms with E-state index in [1.165, 1.54) is 0 Å². The lowest BCUT2D eigenvalue weighted by atomic mass is 9.71. The molecule has 2 aromatic rings. The summed E-state index contributed by atoms with van der Waals surface area (Å²) in [6.45, 7) is 6.07. The van der Waals surface area contributed by atoms with Gasteiger partial charge in [0, 0.05) is 6.20 Å². The van der Waals surface area contributed by atoms with E-state index in [0.29, 0.717) is 18.1 Å². The molecule has 7 nitrogen and oxygen atoms in total. The lowest BCUT2D eigenvalue weighted by Gasteiger charge is -2.43. The van der Waals surface area contributed by atoms with Gasteiger partial charge in [-0.3, -0.25) is 10.1 Å². The van der Waals surface area contributed by atoms with Crippen molar-refractivity contribution in [3.8, 4) is 0 Å². The molecule has 0 bridgehead atoms. The number of benzene rings is 1. The minimum atomic E-state index is -0.548. The topological polar surface area (TPSA) is 86.5 Å². The lowest BCUT2D eigenvalue weighted by Crippen LogP contribution is -2.52. The molecule has 0 atom stereocenters. The molecule has 8 heteroatoms. The number of rotatable bonds is 4. The van der Waals surface area contributed by atoms with Crippen LogP contribution in [0.3, 0.4) is 0 Å². The first-order chi connectivity index (χ1) is 14.7. The molecule has 2 amide bonds. The van der Waals surface area contributed by atoms with E-state index in [2.05, 4.69) is 26.7 Å². The normalized spacial score (nSPS) is 17.2. The zero-order chi connectivity index (χ0) is 22.2. The summed E-state index contributed by atoms with van der Waals surface area (Å²) in [4.78, 5) is 29.6. The number of fused-ring (bicyclic) bond motifs is 1. The number of nitrogens with one attached hydrogen (secondary N) is 3. The first-order valence-corrected chi connectivity index (χ1v) is 10.7. The number of amides is 2. The number of hydrogen-bond donors (Lipinski definition) is 3. The highest BCUT2D eigenvalue weighted by Crippen LogP contribution is 2.42. The molecule has 2 heterocycles. The fraction of sp³-hybridized carbons (Fsp3) is 0.391. The Morgan fingerprint density at radius 1 is 1.32 bits per heavy atom. The number of aromatic nitrogens is 1. The smallest absolute Gasteiger partial charge is 0.408 e. The van der Waals surface area contributed by atoms with Crippen LogP contribution in [0.5, 0.6) is 0 Å². The molecule has 162 valence electrons. The molecule has 1 saturated carbocycles. The highest BCUT2D eigenvalue weighted by Gasteiger charge is 2.41. The number of carbonyl (C=O) groups is 2. The summed E-state index contributed by atoms with van der Waals surface area (Å²) >= 11 is 5.01. The van der Waals surface area contributed by atoms with Gasteiger partial charge in [0.25, 0.3) is 5.91 Å². The number of ether oxygens (including phenoxy) is 1. The van der Waals surface area contributed by atoms with E-state index in [1.807, 2.05) is 49.9 Å². The zero-order valence-corrected chi connectivity index (χ0v) is 18.7. The molecule has 0 spiro atoms. The molecule has 0 saturated heterocycles. The van der Waals surface area contributed by atoms with Crippen molar-refractivity contribution < 1.29 is 14.3 Å². The standard InChI is InChI=1S/C23H26N4O3S/c1-22(2,3)30-21(29)26-23(9-5-10-23)16-7-4-6-15(12-16)13-27-17-8-11-24-19(17)20(28)25-18(27)14-31/h4,6-8,11-12,24H,5,9-10,13H2,1-3H3,(H,25,28)(H,26,29). The van der Waals surface area contributed by atoms with Crippen LogP contribution in [0.4, 0.5) is 10.5 Å². The summed E-state index contributed by atoms with van der Waals surface area (Å²) in [6, 6.07) is 9.99. The van der Waals surface area contributed by atoms with E-state index in [0.717, 1.165) is 36.1 Å². The predicted molar refractivity (Wildman–Crippen MR) is 122 cm³/mol. The molecule has 4 rings (SSSR count). The van der Waals surface area contributed by atoms with Gasteiger partial charge in [-0.25, -0.2) is 4.79 Å². The third-order valence-corrected chi connectivity index (χ3v) is 5.80. The Balaban J connectivity index is 1.59. The van der Waals surface area contributed by atoms with Gasteiger partial charge in [0.2, 0.25) is 0 Å². The van der Waals surface area contributed by atoms with Crippen LogP contribution in [-0.2, 0) is 16.8 Å². The molecule has 0 unspecified atom stereocenters. The molecule has 3 N–H and O–H groups in total. The van der Waals surface area contributed by atoms with Crippen LogP contribution in [0.25, 0.3) is 0 Å². The second-order valence-corrected chi connectivity index (χ2v) is 9.20. The predicted octanol–water partition coefficient (Wildman–Crippen LogP) is 4.11. The van der Waals surface area contributed by atoms with Gasteiger partial charge in [0.05, 0.1) is 17.8 Å². The van der Waals surface area contributed by atoms with Gasteiger partial charge in [-0.15, -0.1) is 0 Å². The Labute approximate surface area is 186 Å². The summed E-state index contributed by atoms with van der Waals surface area (Å²) in [5, 5.41) is 8.53. The minimum Gasteiger partial charge on any atom is -0.444 e. The largest absolute Gasteiger partial charge is 0.444 e. The Morgan fingerprint density at radius 3 is 2.74 bits per heavy atom. The number of carbonyl (C=O) groups excluding carboxylic acids is 2. The van der Waals surface area contributed by atoms with Crippen molar-refractivity contribution >= 4 is 34.9 Å². The van der Waals surface area contributed by atoms with Crippen LogP contribution in [0.1, 0.15) is 61.6 Å². The minimum absolute atomic E-state index is 0.229. The Bertz CT molecular complexity index is 1070. The van der Waals surface area contributed by atoms with E-state index >= 15 is 0 Å². The third-order valence-electron chi connectivity index (χ3n) is 5.61. The second-order valence-electron chi connectivity index (χ2n) is 8.99. The number of H-pyrrole nitrogens is 1. The number of thiocarbonyl (C=S) groups is 1. The third kappa shape index (κ3) is 4.22. The van der Waals surface area contributed by atoms with Gasteiger partial charge in [0.1, 0.15) is 11.3 Å². The maximum atomic E-state index is 12.5. The maximum absolute atomic E-state index is 12.5. The summed E-state index contributed by atoms with van der Waals surface area (Å²) in [6.07, 6.45) is 4.10. The molecule has 31 heavy (non-hydrogen) atoms. The van der Waals surface area contributed by atoms with Crippen LogP contribution in [0, 0.1) is 0 Å². The van der Waals surface area contributed by atoms with Crippen LogP contribution >= 0.6 is 12.2 Å². The first kappa shape index (κ1) is 21.2. The van der Waals surface area contributed by atoms with Crippen LogP contribution in [0.2, 0.25) is 0 Å². The first-order valence-electron chi connectivity index (χ1n) is 10.3. The lowest BCUT2D eigenvalue weighted by molar-refractivity contribution is 0.0377. The SMILES string of the molecule is CC(C)(C)OC(=O)NC1(c2cccc(CN3C(=C=S)NC(=O)c4[nH]ccc43)c2)CCC1. The molecule has 1 fully saturated rings. The van der Waals surface area contributed by atoms with Gasteiger partial charge in [-0.2, -0.15) is 0 Å². The number of anilines is 1. The zero-order valence-electron chi connectivity index (χ0n) is 17.9. The van der Waals surface area contributed by atoms with Gasteiger partial charge in [0.15, 0.2) is 5.82 Å². The molecule has 1 aliphatic carbocycles. The summed E-state index contributed by atoms with van der Waals surface area (Å²) in [5.74, 6) is 0.218. The molecular weight excluding hydrogens is 412 g/mol. The van der Waals surface area contributed by atoms with Crippen molar-refractivity contribution in [1.82, 2.24) is 15.6 Å². The van der Waals surface area contributed by atoms with Gasteiger partial charge in [-0.1, -0.05) is 24.3 Å². The fourth-order valence-corrected chi connectivity index (χ4v) is 4.20. The summed E-state index contributed by atoms with van der Waals surface area (Å²) in [7, 11) is 0. The van der Waals surface area contributed by atoms with Crippen LogP contribution < -0.4 is 15.5 Å². The molecule has 1 aromatic carbocycles. The average Bonchev–Trinajstić information content (AvgIpc) is 3.16. The van der Waals surface area contributed by atoms with Crippen molar-refractivity contribution in [3.05, 3.63) is 59.2 Å². The monoisotopic (exact) mass is 438 g/mol.